The van der Waals surface area contributed by atoms with Crippen molar-refractivity contribution < 1.29 is 13.2 Å². The number of piperidine rings is 1. The van der Waals surface area contributed by atoms with Gasteiger partial charge in [0.15, 0.2) is 23.3 Å². The van der Waals surface area contributed by atoms with Crippen molar-refractivity contribution in [3.8, 4) is 11.4 Å². The summed E-state index contributed by atoms with van der Waals surface area (Å²) in [5, 5.41) is 10.7. The molecule has 2 atom stereocenters. The van der Waals surface area contributed by atoms with E-state index >= 15 is 0 Å². The summed E-state index contributed by atoms with van der Waals surface area (Å²) in [6.45, 7) is 1.91. The predicted molar refractivity (Wildman–Crippen MR) is 137 cm³/mol. The van der Waals surface area contributed by atoms with E-state index in [4.69, 9.17) is 9.97 Å². The van der Waals surface area contributed by atoms with Gasteiger partial charge in [-0.05, 0) is 43.0 Å². The van der Waals surface area contributed by atoms with Crippen molar-refractivity contribution >= 4 is 33.9 Å². The van der Waals surface area contributed by atoms with Gasteiger partial charge in [-0.15, -0.1) is 0 Å². The highest BCUT2D eigenvalue weighted by atomic mass is 19.2. The molecule has 4 aromatic heterocycles. The van der Waals surface area contributed by atoms with Gasteiger partial charge in [-0.25, -0.2) is 23.7 Å². The average Bonchev–Trinajstić information content (AvgIpc) is 3.60. The van der Waals surface area contributed by atoms with Crippen LogP contribution in [0.4, 0.5) is 30.6 Å². The first-order chi connectivity index (χ1) is 18.5. The molecule has 7 rings (SSSR count). The average molecular weight is 515 g/mol. The molecular formula is C27H21F3N8. The molecule has 1 saturated heterocycles. The summed E-state index contributed by atoms with van der Waals surface area (Å²) >= 11 is 0. The number of nitrogens with one attached hydrogen (secondary N) is 3. The Morgan fingerprint density at radius 2 is 1.92 bits per heavy atom. The van der Waals surface area contributed by atoms with E-state index in [-0.39, 0.29) is 11.4 Å². The summed E-state index contributed by atoms with van der Waals surface area (Å²) in [6, 6.07) is 3.76. The Kier molecular flexibility index (Phi) is 5.15. The molecule has 5 heterocycles. The predicted octanol–water partition coefficient (Wildman–Crippen LogP) is 4.76. The normalized spacial score (nSPS) is 21.4. The number of rotatable bonds is 6. The van der Waals surface area contributed by atoms with Gasteiger partial charge in [0.25, 0.3) is 5.95 Å². The molecule has 38 heavy (non-hydrogen) atoms. The zero-order chi connectivity index (χ0) is 25.9. The number of aromatic nitrogens is 5. The SMILES string of the molecule is Fc1cc(F)c(Nc2cc(-c3nc(NC45CCNCC4C5)c4c(C5=CC=C5)cncc4n3)ccn2)nc1F. The third-order valence-electron chi connectivity index (χ3n) is 7.36. The minimum atomic E-state index is -1.41. The number of halogens is 3. The van der Waals surface area contributed by atoms with Gasteiger partial charge in [-0.2, -0.15) is 9.37 Å². The molecule has 3 N–H and O–H groups in total. The summed E-state index contributed by atoms with van der Waals surface area (Å²) in [6.07, 6.45) is 13.1. The second kappa shape index (κ2) is 8.59. The number of hydrogen-bond acceptors (Lipinski definition) is 8. The van der Waals surface area contributed by atoms with E-state index in [0.717, 1.165) is 48.3 Å². The molecule has 0 amide bonds. The van der Waals surface area contributed by atoms with Gasteiger partial charge in [-0.1, -0.05) is 18.2 Å². The van der Waals surface area contributed by atoms with Crippen molar-refractivity contribution in [3.63, 3.8) is 0 Å². The summed E-state index contributed by atoms with van der Waals surface area (Å²) in [7, 11) is 0. The molecule has 0 spiro atoms. The molecule has 11 heteroatoms. The molecule has 4 aromatic rings. The molecule has 2 unspecified atom stereocenters. The summed E-state index contributed by atoms with van der Waals surface area (Å²) in [5.74, 6) is -2.43. The topological polar surface area (TPSA) is 101 Å². The molecule has 0 bridgehead atoms. The Morgan fingerprint density at radius 1 is 1.03 bits per heavy atom. The van der Waals surface area contributed by atoms with Crippen molar-refractivity contribution in [2.75, 3.05) is 23.7 Å². The van der Waals surface area contributed by atoms with Crippen molar-refractivity contribution in [1.29, 1.82) is 0 Å². The zero-order valence-corrected chi connectivity index (χ0v) is 20.0. The lowest BCUT2D eigenvalue weighted by atomic mass is 9.97. The Balaban J connectivity index is 1.30. The minimum absolute atomic E-state index is 0.00497. The molecule has 190 valence electrons. The maximum absolute atomic E-state index is 14.2. The van der Waals surface area contributed by atoms with Crippen LogP contribution in [0.2, 0.25) is 0 Å². The second-order valence-electron chi connectivity index (χ2n) is 9.74. The van der Waals surface area contributed by atoms with Crippen LogP contribution in [0, 0.1) is 23.5 Å². The summed E-state index contributed by atoms with van der Waals surface area (Å²) < 4.78 is 41.0. The zero-order valence-electron chi connectivity index (χ0n) is 20.0. The van der Waals surface area contributed by atoms with Crippen LogP contribution in [0.25, 0.3) is 27.9 Å². The van der Waals surface area contributed by atoms with Crippen LogP contribution in [0.1, 0.15) is 18.4 Å². The quantitative estimate of drug-likeness (QED) is 0.317. The van der Waals surface area contributed by atoms with Crippen LogP contribution in [-0.4, -0.2) is 43.5 Å². The number of nitrogens with zero attached hydrogens (tertiary/aromatic N) is 5. The van der Waals surface area contributed by atoms with E-state index in [1.54, 1.807) is 18.3 Å². The number of fused-ring (bicyclic) bond motifs is 2. The van der Waals surface area contributed by atoms with E-state index in [0.29, 0.717) is 28.9 Å². The first-order valence-corrected chi connectivity index (χ1v) is 12.3. The molecule has 2 fully saturated rings. The van der Waals surface area contributed by atoms with E-state index < -0.39 is 23.4 Å². The van der Waals surface area contributed by atoms with Crippen molar-refractivity contribution in [2.45, 2.75) is 18.4 Å². The summed E-state index contributed by atoms with van der Waals surface area (Å²) in [5.41, 5.74) is 3.29. The smallest absolute Gasteiger partial charge is 0.251 e. The van der Waals surface area contributed by atoms with Crippen molar-refractivity contribution in [2.24, 2.45) is 5.92 Å². The molecule has 3 aliphatic rings. The fourth-order valence-corrected chi connectivity index (χ4v) is 5.18. The van der Waals surface area contributed by atoms with Gasteiger partial charge in [0.2, 0.25) is 0 Å². The first-order valence-electron chi connectivity index (χ1n) is 12.3. The molecular weight excluding hydrogens is 493 g/mol. The van der Waals surface area contributed by atoms with Crippen LogP contribution in [0.5, 0.6) is 0 Å². The maximum Gasteiger partial charge on any atom is 0.251 e. The van der Waals surface area contributed by atoms with Gasteiger partial charge < -0.3 is 16.0 Å². The molecule has 0 radical (unpaired) electrons. The van der Waals surface area contributed by atoms with E-state index in [1.165, 1.54) is 6.20 Å². The van der Waals surface area contributed by atoms with Crippen LogP contribution in [0.3, 0.4) is 0 Å². The van der Waals surface area contributed by atoms with E-state index in [9.17, 15) is 13.2 Å². The number of pyridine rings is 3. The van der Waals surface area contributed by atoms with Crippen molar-refractivity contribution in [3.05, 3.63) is 78.2 Å². The molecule has 1 aliphatic heterocycles. The van der Waals surface area contributed by atoms with Crippen LogP contribution in [-0.2, 0) is 0 Å². The molecule has 0 aromatic carbocycles. The number of allylic oxidation sites excluding steroid dienone is 4. The number of hydrogen-bond donors (Lipinski definition) is 3. The highest BCUT2D eigenvalue weighted by Gasteiger charge is 2.55. The van der Waals surface area contributed by atoms with Gasteiger partial charge in [0, 0.05) is 41.7 Å². The van der Waals surface area contributed by atoms with Gasteiger partial charge in [-0.3, -0.25) is 4.98 Å². The largest absolute Gasteiger partial charge is 0.364 e. The third kappa shape index (κ3) is 3.86. The van der Waals surface area contributed by atoms with Crippen molar-refractivity contribution in [1.82, 2.24) is 30.2 Å². The minimum Gasteiger partial charge on any atom is -0.364 e. The molecule has 8 nitrogen and oxygen atoms in total. The maximum atomic E-state index is 14.2. The monoisotopic (exact) mass is 514 g/mol. The van der Waals surface area contributed by atoms with Crippen LogP contribution < -0.4 is 16.0 Å². The van der Waals surface area contributed by atoms with Crippen LogP contribution in [0.15, 0.2) is 55.0 Å². The molecule has 2 aliphatic carbocycles. The van der Waals surface area contributed by atoms with E-state index in [1.807, 2.05) is 24.4 Å². The second-order valence-corrected chi connectivity index (χ2v) is 9.74. The van der Waals surface area contributed by atoms with Gasteiger partial charge >= 0.3 is 0 Å². The standard InChI is InChI=1S/C27H21F3N8/c28-18-9-19(29)25(36-23(18)30)35-21-8-15(4-6-33-21)24-34-20-13-32-12-17(14-2-1-3-14)22(20)26(37-24)38-27-5-7-31-11-16(27)10-27/h1-4,6,8-9,12-13,16,31H,5,7,10-11H2,(H,33,35,36)(H,34,37,38). The Labute approximate surface area is 215 Å². The fourth-order valence-electron chi connectivity index (χ4n) is 5.18. The lowest BCUT2D eigenvalue weighted by Gasteiger charge is -2.26. The fraction of sp³-hybridized carbons (Fsp3) is 0.222. The Hall–Kier alpha value is -4.38. The molecule has 1 saturated carbocycles. The third-order valence-corrected chi connectivity index (χ3v) is 7.36. The summed E-state index contributed by atoms with van der Waals surface area (Å²) in [4.78, 5) is 21.6. The highest BCUT2D eigenvalue weighted by Crippen LogP contribution is 2.50. The van der Waals surface area contributed by atoms with Crippen LogP contribution >= 0.6 is 0 Å². The number of anilines is 3. The van der Waals surface area contributed by atoms with Gasteiger partial charge in [0.1, 0.15) is 11.6 Å². The van der Waals surface area contributed by atoms with E-state index in [2.05, 4.69) is 30.9 Å². The Morgan fingerprint density at radius 3 is 2.74 bits per heavy atom. The Bertz CT molecular complexity index is 1670. The first kappa shape index (κ1) is 22.8. The van der Waals surface area contributed by atoms with Gasteiger partial charge in [0.05, 0.1) is 17.1 Å². The lowest BCUT2D eigenvalue weighted by molar-refractivity contribution is 0.466. The highest BCUT2D eigenvalue weighted by molar-refractivity contribution is 6.02. The lowest BCUT2D eigenvalue weighted by Crippen LogP contribution is -2.38.